The summed E-state index contributed by atoms with van der Waals surface area (Å²) in [5.41, 5.74) is 1.44. The monoisotopic (exact) mass is 441 g/mol. The van der Waals surface area contributed by atoms with Crippen molar-refractivity contribution in [3.8, 4) is 17.1 Å². The quantitative estimate of drug-likeness (QED) is 0.395. The van der Waals surface area contributed by atoms with Gasteiger partial charge in [0.05, 0.1) is 24.9 Å². The van der Waals surface area contributed by atoms with Crippen molar-refractivity contribution in [1.29, 1.82) is 0 Å². The van der Waals surface area contributed by atoms with Gasteiger partial charge in [0.1, 0.15) is 5.75 Å². The van der Waals surface area contributed by atoms with E-state index in [0.717, 1.165) is 16.9 Å². The van der Waals surface area contributed by atoms with Crippen LogP contribution in [0.4, 0.5) is 5.69 Å². The second-order valence-corrected chi connectivity index (χ2v) is 7.90. The van der Waals surface area contributed by atoms with Crippen molar-refractivity contribution < 1.29 is 13.9 Å². The van der Waals surface area contributed by atoms with Gasteiger partial charge in [0.2, 0.25) is 5.91 Å². The van der Waals surface area contributed by atoms with Gasteiger partial charge in [-0.2, -0.15) is 0 Å². The van der Waals surface area contributed by atoms with E-state index in [0.29, 0.717) is 23.1 Å². The Morgan fingerprint density at radius 2 is 1.90 bits per heavy atom. The van der Waals surface area contributed by atoms with Crippen LogP contribution in [0.1, 0.15) is 34.1 Å². The van der Waals surface area contributed by atoms with Crippen LogP contribution in [0.5, 0.6) is 5.75 Å². The van der Waals surface area contributed by atoms with Crippen LogP contribution in [0, 0.1) is 5.92 Å². The van der Waals surface area contributed by atoms with Gasteiger partial charge >= 0.3 is 0 Å². The van der Waals surface area contributed by atoms with E-state index in [2.05, 4.69) is 28.9 Å². The second kappa shape index (κ2) is 12.8. The number of hydrogen-bond donors (Lipinski definition) is 2. The van der Waals surface area contributed by atoms with E-state index in [-0.39, 0.29) is 11.9 Å². The van der Waals surface area contributed by atoms with Crippen molar-refractivity contribution in [2.75, 3.05) is 12.4 Å². The fourth-order valence-corrected chi connectivity index (χ4v) is 3.63. The Morgan fingerprint density at radius 3 is 2.52 bits per heavy atom. The van der Waals surface area contributed by atoms with Crippen molar-refractivity contribution in [3.63, 3.8) is 0 Å². The number of amides is 1. The number of anilines is 1. The zero-order chi connectivity index (χ0) is 22.6. The number of benzene rings is 2. The van der Waals surface area contributed by atoms with Crippen LogP contribution >= 0.6 is 11.9 Å². The molecule has 0 bridgehead atoms. The van der Waals surface area contributed by atoms with Crippen LogP contribution < -0.4 is 14.8 Å². The molecule has 0 radical (unpaired) electrons. The van der Waals surface area contributed by atoms with Crippen molar-refractivity contribution in [3.05, 3.63) is 61.1 Å². The minimum atomic E-state index is -0.333. The number of aromatic nitrogens is 1. The van der Waals surface area contributed by atoms with Crippen molar-refractivity contribution in [2.24, 2.45) is 5.92 Å². The Hall–Kier alpha value is -2.77. The molecule has 166 valence electrons. The van der Waals surface area contributed by atoms with Gasteiger partial charge in [-0.1, -0.05) is 45.9 Å². The lowest BCUT2D eigenvalue weighted by Gasteiger charge is -2.20. The summed E-state index contributed by atoms with van der Waals surface area (Å²) in [4.78, 5) is 17.9. The first-order valence-corrected chi connectivity index (χ1v) is 11.2. The third kappa shape index (κ3) is 7.45. The maximum Gasteiger partial charge on any atom is 0.242 e. The first-order valence-electron chi connectivity index (χ1n) is 10.4. The standard InChI is InChI=1S/C22H25N3O3S.C2H6/c1-15(2)11-19(25-29-17-7-5-4-6-8-17)22(26)24-16-9-10-18(20(12-16)27-3)21-13-23-14-28-21;1-2/h4-10,12-15,19,25H,11H2,1-3H3,(H,24,26);1-2H3. The molecule has 3 aromatic rings. The molecule has 1 heterocycles. The van der Waals surface area contributed by atoms with E-state index in [1.54, 1.807) is 19.4 Å². The first-order chi connectivity index (χ1) is 15.1. The van der Waals surface area contributed by atoms with E-state index >= 15 is 0 Å². The fourth-order valence-electron chi connectivity index (χ4n) is 2.86. The number of ether oxygens (including phenoxy) is 1. The predicted octanol–water partition coefficient (Wildman–Crippen LogP) is 6.03. The van der Waals surface area contributed by atoms with E-state index in [1.807, 2.05) is 56.3 Å². The molecule has 3 rings (SSSR count). The van der Waals surface area contributed by atoms with Crippen LogP contribution in [-0.4, -0.2) is 24.0 Å². The number of carbonyl (C=O) groups excluding carboxylic acids is 1. The third-order valence-electron chi connectivity index (χ3n) is 4.25. The van der Waals surface area contributed by atoms with Crippen LogP contribution in [0.25, 0.3) is 11.3 Å². The molecule has 31 heavy (non-hydrogen) atoms. The molecule has 2 aromatic carbocycles. The average Bonchev–Trinajstić information content (AvgIpc) is 3.33. The Morgan fingerprint density at radius 1 is 1.16 bits per heavy atom. The van der Waals surface area contributed by atoms with Gasteiger partial charge in [0.15, 0.2) is 12.2 Å². The number of methoxy groups -OCH3 is 1. The SMILES string of the molecule is CC.COc1cc(NC(=O)C(CC(C)C)NSc2ccccc2)ccc1-c1cnco1. The first kappa shape index (κ1) is 24.5. The highest BCUT2D eigenvalue weighted by Gasteiger charge is 2.21. The Kier molecular flexibility index (Phi) is 10.1. The summed E-state index contributed by atoms with van der Waals surface area (Å²) in [7, 11) is 1.58. The average molecular weight is 442 g/mol. The Bertz CT molecular complexity index is 915. The molecule has 0 spiro atoms. The van der Waals surface area contributed by atoms with Gasteiger partial charge in [0, 0.05) is 16.6 Å². The third-order valence-corrected chi connectivity index (χ3v) is 5.16. The van der Waals surface area contributed by atoms with Gasteiger partial charge in [0.25, 0.3) is 0 Å². The zero-order valence-corrected chi connectivity index (χ0v) is 19.5. The number of nitrogens with zero attached hydrogens (tertiary/aromatic N) is 1. The normalized spacial score (nSPS) is 11.4. The Balaban J connectivity index is 0.00000166. The highest BCUT2D eigenvalue weighted by atomic mass is 32.2. The van der Waals surface area contributed by atoms with Gasteiger partial charge in [-0.25, -0.2) is 9.71 Å². The van der Waals surface area contributed by atoms with Crippen LogP contribution in [0.15, 0.2) is 70.4 Å². The van der Waals surface area contributed by atoms with Crippen LogP contribution in [0.3, 0.4) is 0 Å². The molecule has 7 heteroatoms. The summed E-state index contributed by atoms with van der Waals surface area (Å²) in [6, 6.07) is 15.1. The molecular formula is C24H31N3O3S. The van der Waals surface area contributed by atoms with E-state index in [9.17, 15) is 4.79 Å². The Labute approximate surface area is 188 Å². The molecule has 1 unspecified atom stereocenters. The fraction of sp³-hybridized carbons (Fsp3) is 0.333. The maximum absolute atomic E-state index is 12.9. The molecule has 0 aliphatic rings. The van der Waals surface area contributed by atoms with Gasteiger partial charge in [-0.05, 0) is 48.6 Å². The topological polar surface area (TPSA) is 76.4 Å². The minimum Gasteiger partial charge on any atom is -0.496 e. The molecule has 0 aliphatic heterocycles. The second-order valence-electron chi connectivity index (χ2n) is 6.99. The minimum absolute atomic E-state index is 0.0865. The zero-order valence-electron chi connectivity index (χ0n) is 18.7. The number of oxazole rings is 1. The molecule has 6 nitrogen and oxygen atoms in total. The predicted molar refractivity (Wildman–Crippen MR) is 127 cm³/mol. The maximum atomic E-state index is 12.9. The lowest BCUT2D eigenvalue weighted by molar-refractivity contribution is -0.118. The van der Waals surface area contributed by atoms with E-state index in [4.69, 9.17) is 9.15 Å². The number of carbonyl (C=O) groups is 1. The van der Waals surface area contributed by atoms with Gasteiger partial charge < -0.3 is 14.5 Å². The van der Waals surface area contributed by atoms with E-state index in [1.165, 1.54) is 18.3 Å². The smallest absolute Gasteiger partial charge is 0.242 e. The van der Waals surface area contributed by atoms with Crippen molar-refractivity contribution >= 4 is 23.5 Å². The summed E-state index contributed by atoms with van der Waals surface area (Å²) in [5.74, 6) is 1.50. The van der Waals surface area contributed by atoms with E-state index < -0.39 is 0 Å². The highest BCUT2D eigenvalue weighted by molar-refractivity contribution is 7.97. The largest absolute Gasteiger partial charge is 0.496 e. The molecule has 0 fully saturated rings. The molecule has 1 amide bonds. The summed E-state index contributed by atoms with van der Waals surface area (Å²) >= 11 is 1.46. The summed E-state index contributed by atoms with van der Waals surface area (Å²) in [5, 5.41) is 2.99. The summed E-state index contributed by atoms with van der Waals surface area (Å²) < 4.78 is 14.1. The molecular weight excluding hydrogens is 410 g/mol. The van der Waals surface area contributed by atoms with Gasteiger partial charge in [-0.15, -0.1) is 0 Å². The summed E-state index contributed by atoms with van der Waals surface area (Å²) in [6.45, 7) is 8.20. The van der Waals surface area contributed by atoms with Crippen LogP contribution in [0.2, 0.25) is 0 Å². The molecule has 1 atom stereocenters. The number of rotatable bonds is 9. The van der Waals surface area contributed by atoms with Gasteiger partial charge in [-0.3, -0.25) is 4.79 Å². The highest BCUT2D eigenvalue weighted by Crippen LogP contribution is 2.32. The lowest BCUT2D eigenvalue weighted by Crippen LogP contribution is -2.38. The molecule has 0 saturated carbocycles. The van der Waals surface area contributed by atoms with Crippen molar-refractivity contribution in [1.82, 2.24) is 9.71 Å². The van der Waals surface area contributed by atoms with Crippen LogP contribution in [-0.2, 0) is 4.79 Å². The lowest BCUT2D eigenvalue weighted by atomic mass is 10.0. The number of nitrogens with one attached hydrogen (secondary N) is 2. The molecule has 1 aromatic heterocycles. The molecule has 0 saturated heterocycles. The molecule has 2 N–H and O–H groups in total. The summed E-state index contributed by atoms with van der Waals surface area (Å²) in [6.07, 6.45) is 3.72. The number of hydrogen-bond acceptors (Lipinski definition) is 6. The van der Waals surface area contributed by atoms with Crippen molar-refractivity contribution in [2.45, 2.75) is 45.1 Å². The molecule has 0 aliphatic carbocycles.